The first-order chi connectivity index (χ1) is 16.4. The summed E-state index contributed by atoms with van der Waals surface area (Å²) in [6, 6.07) is 19.0. The Bertz CT molecular complexity index is 1520. The molecule has 0 aliphatic rings. The zero-order valence-corrected chi connectivity index (χ0v) is 21.6. The summed E-state index contributed by atoms with van der Waals surface area (Å²) in [4.78, 5) is 19.9. The summed E-state index contributed by atoms with van der Waals surface area (Å²) in [6.45, 7) is 0.965. The van der Waals surface area contributed by atoms with Crippen molar-refractivity contribution in [3.63, 3.8) is 0 Å². The fourth-order valence-corrected chi connectivity index (χ4v) is 5.92. The molecule has 0 radical (unpaired) electrons. The highest BCUT2D eigenvalue weighted by Crippen LogP contribution is 2.31. The van der Waals surface area contributed by atoms with E-state index < -0.39 is 0 Å². The van der Waals surface area contributed by atoms with Crippen LogP contribution in [0.15, 0.2) is 66.9 Å². The number of carbonyl (C=O) groups excluding carboxylic acids is 1. The summed E-state index contributed by atoms with van der Waals surface area (Å²) in [5.41, 5.74) is 2.33. The third-order valence-electron chi connectivity index (χ3n) is 5.68. The molecule has 5 aromatic rings. The molecule has 0 aliphatic heterocycles. The lowest BCUT2D eigenvalue weighted by atomic mass is 10.1. The van der Waals surface area contributed by atoms with Crippen molar-refractivity contribution in [3.8, 4) is 0 Å². The fourth-order valence-electron chi connectivity index (χ4n) is 4.01. The van der Waals surface area contributed by atoms with Crippen LogP contribution in [0.2, 0.25) is 20.1 Å². The van der Waals surface area contributed by atoms with Crippen LogP contribution in [0.25, 0.3) is 21.0 Å². The number of nitrogens with one attached hydrogen (secondary N) is 1. The number of fused-ring (bicyclic) bond motifs is 2. The van der Waals surface area contributed by atoms with Gasteiger partial charge in [0.1, 0.15) is 0 Å². The molecule has 1 N–H and O–H groups in total. The predicted molar refractivity (Wildman–Crippen MR) is 145 cm³/mol. The molecule has 0 saturated carbocycles. The van der Waals surface area contributed by atoms with Crippen molar-refractivity contribution < 1.29 is 4.79 Å². The zero-order valence-electron chi connectivity index (χ0n) is 17.7. The molecule has 172 valence electrons. The molecule has 34 heavy (non-hydrogen) atoms. The van der Waals surface area contributed by atoms with Crippen molar-refractivity contribution in [2.45, 2.75) is 13.0 Å². The Kier molecular flexibility index (Phi) is 6.79. The minimum absolute atomic E-state index is 0.0921. The number of thiophene rings is 1. The lowest BCUT2D eigenvalue weighted by Gasteiger charge is -2.23. The van der Waals surface area contributed by atoms with E-state index in [9.17, 15) is 4.79 Å². The van der Waals surface area contributed by atoms with E-state index in [1.54, 1.807) is 23.5 Å². The van der Waals surface area contributed by atoms with Gasteiger partial charge in [0.15, 0.2) is 0 Å². The van der Waals surface area contributed by atoms with E-state index in [1.807, 2.05) is 53.6 Å². The second kappa shape index (κ2) is 9.80. The van der Waals surface area contributed by atoms with Gasteiger partial charge < -0.3 is 9.88 Å². The number of nitrogens with zero attached hydrogens (tertiary/aromatic N) is 1. The van der Waals surface area contributed by atoms with Crippen LogP contribution in [-0.2, 0) is 13.0 Å². The van der Waals surface area contributed by atoms with Gasteiger partial charge >= 0.3 is 0 Å². The summed E-state index contributed by atoms with van der Waals surface area (Å²) >= 11 is 26.4. The van der Waals surface area contributed by atoms with Crippen molar-refractivity contribution in [1.29, 1.82) is 0 Å². The summed E-state index contributed by atoms with van der Waals surface area (Å²) in [6.07, 6.45) is 2.45. The quantitative estimate of drug-likeness (QED) is 0.226. The van der Waals surface area contributed by atoms with Gasteiger partial charge in [0, 0.05) is 37.8 Å². The number of aromatic amines is 1. The Morgan fingerprint density at radius 2 is 1.71 bits per heavy atom. The molecule has 3 nitrogen and oxygen atoms in total. The second-order valence-electron chi connectivity index (χ2n) is 8.02. The van der Waals surface area contributed by atoms with Gasteiger partial charge in [-0.3, -0.25) is 4.79 Å². The monoisotopic (exact) mass is 546 g/mol. The van der Waals surface area contributed by atoms with Crippen LogP contribution in [0.3, 0.4) is 0 Å². The molecule has 8 heteroatoms. The van der Waals surface area contributed by atoms with E-state index in [1.165, 1.54) is 0 Å². The standard InChI is InChI=1S/C26H18Cl4N2OS/c27-18-3-2-16-11-20(34-24(16)13-18)14-32(8-6-15-1-4-22(29)23(30)9-15)26(33)21-12-19(28)10-17-5-7-31-25(17)21/h1-5,7,9-13,31H,6,8,14H2. The molecule has 0 aliphatic carbocycles. The number of halogens is 4. The van der Waals surface area contributed by atoms with Crippen LogP contribution in [0.1, 0.15) is 20.8 Å². The van der Waals surface area contributed by atoms with Crippen LogP contribution in [-0.4, -0.2) is 22.3 Å². The highest BCUT2D eigenvalue weighted by atomic mass is 35.5. The number of amides is 1. The fraction of sp³-hybridized carbons (Fsp3) is 0.115. The minimum Gasteiger partial charge on any atom is -0.361 e. The summed E-state index contributed by atoms with van der Waals surface area (Å²) in [5, 5.41) is 4.24. The van der Waals surface area contributed by atoms with Crippen molar-refractivity contribution in [3.05, 3.63) is 103 Å². The van der Waals surface area contributed by atoms with E-state index in [0.717, 1.165) is 31.4 Å². The van der Waals surface area contributed by atoms with Crippen LogP contribution < -0.4 is 0 Å². The Balaban J connectivity index is 1.48. The average molecular weight is 548 g/mol. The molecule has 0 fully saturated rings. The number of hydrogen-bond donors (Lipinski definition) is 1. The van der Waals surface area contributed by atoms with Crippen molar-refractivity contribution in [2.75, 3.05) is 6.54 Å². The Labute approximate surface area is 220 Å². The van der Waals surface area contributed by atoms with Gasteiger partial charge in [-0.1, -0.05) is 58.5 Å². The predicted octanol–water partition coefficient (Wildman–Crippen LogP) is 8.88. The largest absolute Gasteiger partial charge is 0.361 e. The minimum atomic E-state index is -0.0921. The maximum atomic E-state index is 13.8. The number of aromatic nitrogens is 1. The van der Waals surface area contributed by atoms with Gasteiger partial charge in [0.2, 0.25) is 0 Å². The Morgan fingerprint density at radius 3 is 2.53 bits per heavy atom. The van der Waals surface area contributed by atoms with E-state index in [-0.39, 0.29) is 5.91 Å². The summed E-state index contributed by atoms with van der Waals surface area (Å²) in [7, 11) is 0. The lowest BCUT2D eigenvalue weighted by molar-refractivity contribution is 0.0748. The van der Waals surface area contributed by atoms with Crippen LogP contribution in [0.4, 0.5) is 0 Å². The average Bonchev–Trinajstić information content (AvgIpc) is 3.43. The Morgan fingerprint density at radius 1 is 0.853 bits per heavy atom. The topological polar surface area (TPSA) is 36.1 Å². The van der Waals surface area contributed by atoms with Gasteiger partial charge in [-0.15, -0.1) is 11.3 Å². The molecular weight excluding hydrogens is 530 g/mol. The molecule has 0 bridgehead atoms. The van der Waals surface area contributed by atoms with E-state index in [4.69, 9.17) is 46.4 Å². The molecule has 2 aromatic heterocycles. The molecule has 5 rings (SSSR count). The van der Waals surface area contributed by atoms with Crippen LogP contribution in [0, 0.1) is 0 Å². The number of benzene rings is 3. The molecule has 0 spiro atoms. The van der Waals surface area contributed by atoms with Crippen molar-refractivity contribution in [1.82, 2.24) is 9.88 Å². The highest BCUT2D eigenvalue weighted by molar-refractivity contribution is 7.19. The van der Waals surface area contributed by atoms with Gasteiger partial charge in [-0.25, -0.2) is 0 Å². The smallest absolute Gasteiger partial charge is 0.256 e. The first-order valence-corrected chi connectivity index (χ1v) is 12.9. The highest BCUT2D eigenvalue weighted by Gasteiger charge is 2.21. The number of carbonyl (C=O) groups is 1. The molecule has 2 heterocycles. The molecular formula is C26H18Cl4N2OS. The number of rotatable bonds is 6. The van der Waals surface area contributed by atoms with E-state index in [0.29, 0.717) is 45.2 Å². The third kappa shape index (κ3) is 4.93. The van der Waals surface area contributed by atoms with Crippen LogP contribution >= 0.6 is 57.7 Å². The summed E-state index contributed by atoms with van der Waals surface area (Å²) < 4.78 is 1.09. The third-order valence-corrected chi connectivity index (χ3v) is 7.95. The SMILES string of the molecule is O=C(c1cc(Cl)cc2cc[nH]c12)N(CCc1ccc(Cl)c(Cl)c1)Cc1cc2ccc(Cl)cc2s1. The van der Waals surface area contributed by atoms with Gasteiger partial charge in [-0.05, 0) is 65.9 Å². The zero-order chi connectivity index (χ0) is 23.8. The van der Waals surface area contributed by atoms with Gasteiger partial charge in [0.05, 0.1) is 27.7 Å². The summed E-state index contributed by atoms with van der Waals surface area (Å²) in [5.74, 6) is -0.0921. The van der Waals surface area contributed by atoms with Crippen LogP contribution in [0.5, 0.6) is 0 Å². The maximum absolute atomic E-state index is 13.8. The van der Waals surface area contributed by atoms with E-state index in [2.05, 4.69) is 11.1 Å². The molecule has 0 saturated heterocycles. The first-order valence-electron chi connectivity index (χ1n) is 10.6. The second-order valence-corrected chi connectivity index (χ2v) is 10.9. The Hall–Kier alpha value is -2.21. The molecule has 0 atom stereocenters. The number of H-pyrrole nitrogens is 1. The number of hydrogen-bond acceptors (Lipinski definition) is 2. The lowest BCUT2D eigenvalue weighted by Crippen LogP contribution is -2.32. The molecule has 0 unspecified atom stereocenters. The van der Waals surface area contributed by atoms with Crippen molar-refractivity contribution in [2.24, 2.45) is 0 Å². The van der Waals surface area contributed by atoms with Crippen molar-refractivity contribution >= 4 is 84.6 Å². The normalized spacial score (nSPS) is 11.4. The maximum Gasteiger partial charge on any atom is 0.256 e. The molecule has 3 aromatic carbocycles. The van der Waals surface area contributed by atoms with Gasteiger partial charge in [-0.2, -0.15) is 0 Å². The van der Waals surface area contributed by atoms with E-state index >= 15 is 0 Å². The molecule has 1 amide bonds. The van der Waals surface area contributed by atoms with Gasteiger partial charge in [0.25, 0.3) is 5.91 Å². The first kappa shape index (κ1) is 23.5.